The summed E-state index contributed by atoms with van der Waals surface area (Å²) in [6.07, 6.45) is 3.17. The number of fused-ring (bicyclic) bond motifs is 4. The molecular weight excluding hydrogens is 388 g/mol. The van der Waals surface area contributed by atoms with Gasteiger partial charge >= 0.3 is 0 Å². The van der Waals surface area contributed by atoms with Gasteiger partial charge in [0.25, 0.3) is 0 Å². The van der Waals surface area contributed by atoms with Crippen molar-refractivity contribution in [3.8, 4) is 11.5 Å². The van der Waals surface area contributed by atoms with Crippen molar-refractivity contribution in [2.45, 2.75) is 32.7 Å². The molecule has 1 atom stereocenters. The Morgan fingerprint density at radius 2 is 1.90 bits per heavy atom. The molecule has 0 fully saturated rings. The number of methoxy groups -OCH3 is 2. The molecule has 0 spiro atoms. The molecule has 0 bridgehead atoms. The van der Waals surface area contributed by atoms with E-state index in [-0.39, 0.29) is 17.2 Å². The Morgan fingerprint density at radius 3 is 2.68 bits per heavy atom. The first-order chi connectivity index (χ1) is 14.9. The van der Waals surface area contributed by atoms with E-state index in [0.29, 0.717) is 12.2 Å². The quantitative estimate of drug-likeness (QED) is 0.608. The molecule has 5 rings (SSSR count). The lowest BCUT2D eigenvalue weighted by atomic mass is 9.68. The summed E-state index contributed by atoms with van der Waals surface area (Å²) in [6.45, 7) is 4.34. The first-order valence-corrected chi connectivity index (χ1v) is 10.5. The highest BCUT2D eigenvalue weighted by Gasteiger charge is 2.41. The smallest absolute Gasteiger partial charge is 0.162 e. The lowest BCUT2D eigenvalue weighted by Crippen LogP contribution is -2.33. The molecule has 0 saturated carbocycles. The van der Waals surface area contributed by atoms with E-state index >= 15 is 0 Å². The van der Waals surface area contributed by atoms with Crippen LogP contribution >= 0.6 is 0 Å². The minimum absolute atomic E-state index is 0.0938. The van der Waals surface area contributed by atoms with Gasteiger partial charge in [0.2, 0.25) is 0 Å². The molecule has 158 valence electrons. The lowest BCUT2D eigenvalue weighted by Gasteiger charge is -2.40. The van der Waals surface area contributed by atoms with Crippen molar-refractivity contribution >= 4 is 27.9 Å². The number of Topliss-reactive ketones (excluding diaryl/α,β-unsaturated/α-hetero) is 1. The monoisotopic (exact) mass is 414 g/mol. The molecule has 2 aromatic carbocycles. The predicted octanol–water partition coefficient (Wildman–Crippen LogP) is 5.56. The molecule has 3 aromatic rings. The van der Waals surface area contributed by atoms with Crippen molar-refractivity contribution in [2.24, 2.45) is 5.41 Å². The van der Waals surface area contributed by atoms with Crippen molar-refractivity contribution in [1.29, 1.82) is 0 Å². The standard InChI is InChI=1S/C26H26N2O3/c1-26(2)13-18-23-16-6-5-11-27-19(16)9-10-20(23)28-25(24(18)21(29)14-26)17-8-7-15(30-3)12-22(17)31-4/h5-12,25,28H,13-14H2,1-4H3. The van der Waals surface area contributed by atoms with Crippen LogP contribution in [0.4, 0.5) is 5.69 Å². The number of pyridine rings is 1. The fourth-order valence-electron chi connectivity index (χ4n) is 5.01. The molecule has 0 amide bonds. The van der Waals surface area contributed by atoms with Crippen LogP contribution in [0, 0.1) is 5.41 Å². The summed E-state index contributed by atoms with van der Waals surface area (Å²) in [4.78, 5) is 18.1. The summed E-state index contributed by atoms with van der Waals surface area (Å²) in [5.41, 5.74) is 5.86. The summed E-state index contributed by atoms with van der Waals surface area (Å²) in [6, 6.07) is 13.6. The topological polar surface area (TPSA) is 60.5 Å². The predicted molar refractivity (Wildman–Crippen MR) is 123 cm³/mol. The number of anilines is 1. The van der Waals surface area contributed by atoms with Crippen LogP contribution in [-0.2, 0) is 4.79 Å². The van der Waals surface area contributed by atoms with Crippen molar-refractivity contribution in [2.75, 3.05) is 19.5 Å². The van der Waals surface area contributed by atoms with Crippen LogP contribution in [0.2, 0.25) is 0 Å². The normalized spacial score (nSPS) is 19.5. The fraction of sp³-hybridized carbons (Fsp3) is 0.308. The number of hydrogen-bond acceptors (Lipinski definition) is 5. The molecule has 1 aliphatic carbocycles. The number of rotatable bonds is 3. The van der Waals surface area contributed by atoms with Gasteiger partial charge < -0.3 is 14.8 Å². The van der Waals surface area contributed by atoms with Gasteiger partial charge in [0.15, 0.2) is 5.78 Å². The molecule has 2 aliphatic rings. The van der Waals surface area contributed by atoms with Crippen LogP contribution in [0.25, 0.3) is 16.5 Å². The van der Waals surface area contributed by atoms with Crippen molar-refractivity contribution in [3.05, 3.63) is 65.4 Å². The number of allylic oxidation sites excluding steroid dienone is 1. The van der Waals surface area contributed by atoms with Gasteiger partial charge in [-0.05, 0) is 47.7 Å². The highest BCUT2D eigenvalue weighted by atomic mass is 16.5. The van der Waals surface area contributed by atoms with Crippen LogP contribution in [0.15, 0.2) is 54.2 Å². The van der Waals surface area contributed by atoms with Crippen LogP contribution in [0.1, 0.15) is 43.9 Å². The van der Waals surface area contributed by atoms with Gasteiger partial charge in [0.05, 0.1) is 25.8 Å². The molecule has 1 N–H and O–H groups in total. The Bertz CT molecular complexity index is 1240. The summed E-state index contributed by atoms with van der Waals surface area (Å²) in [7, 11) is 3.28. The largest absolute Gasteiger partial charge is 0.497 e. The summed E-state index contributed by atoms with van der Waals surface area (Å²) >= 11 is 0. The number of hydrogen-bond donors (Lipinski definition) is 1. The lowest BCUT2D eigenvalue weighted by molar-refractivity contribution is -0.118. The Morgan fingerprint density at radius 1 is 1.06 bits per heavy atom. The minimum Gasteiger partial charge on any atom is -0.497 e. The number of benzene rings is 2. The summed E-state index contributed by atoms with van der Waals surface area (Å²) in [5.74, 6) is 1.61. The molecular formula is C26H26N2O3. The van der Waals surface area contributed by atoms with E-state index in [9.17, 15) is 4.79 Å². The van der Waals surface area contributed by atoms with Crippen molar-refractivity contribution in [1.82, 2.24) is 4.98 Å². The van der Waals surface area contributed by atoms with Crippen molar-refractivity contribution < 1.29 is 14.3 Å². The maximum atomic E-state index is 13.5. The van der Waals surface area contributed by atoms with Crippen LogP contribution in [0.3, 0.4) is 0 Å². The molecule has 1 unspecified atom stereocenters. The zero-order valence-electron chi connectivity index (χ0n) is 18.3. The summed E-state index contributed by atoms with van der Waals surface area (Å²) in [5, 5.41) is 4.72. The number of aromatic nitrogens is 1. The number of ether oxygens (including phenoxy) is 2. The molecule has 31 heavy (non-hydrogen) atoms. The third-order valence-electron chi connectivity index (χ3n) is 6.35. The SMILES string of the molecule is COc1ccc(C2Nc3ccc4ncccc4c3C3=C2C(=O)CC(C)(C)C3)c(OC)c1. The Balaban J connectivity index is 1.78. The summed E-state index contributed by atoms with van der Waals surface area (Å²) < 4.78 is 11.1. The van der Waals surface area contributed by atoms with E-state index < -0.39 is 0 Å². The highest BCUT2D eigenvalue weighted by molar-refractivity contribution is 6.12. The van der Waals surface area contributed by atoms with Crippen LogP contribution in [0.5, 0.6) is 11.5 Å². The fourth-order valence-corrected chi connectivity index (χ4v) is 5.01. The van der Waals surface area contributed by atoms with Gasteiger partial charge in [-0.3, -0.25) is 9.78 Å². The number of ketones is 1. The number of carbonyl (C=O) groups is 1. The average molecular weight is 415 g/mol. The molecule has 5 heteroatoms. The van der Waals surface area contributed by atoms with Gasteiger partial charge in [0, 0.05) is 46.5 Å². The first-order valence-electron chi connectivity index (χ1n) is 10.5. The second-order valence-corrected chi connectivity index (χ2v) is 9.08. The number of carbonyl (C=O) groups excluding carboxylic acids is 1. The van der Waals surface area contributed by atoms with E-state index in [0.717, 1.165) is 51.0 Å². The molecule has 2 heterocycles. The van der Waals surface area contributed by atoms with E-state index in [2.05, 4.69) is 36.3 Å². The number of nitrogens with zero attached hydrogens (tertiary/aromatic N) is 1. The molecule has 1 aromatic heterocycles. The zero-order chi connectivity index (χ0) is 21.8. The number of nitrogens with one attached hydrogen (secondary N) is 1. The van der Waals surface area contributed by atoms with Crippen LogP contribution in [-0.4, -0.2) is 25.0 Å². The van der Waals surface area contributed by atoms with Gasteiger partial charge in [-0.1, -0.05) is 19.9 Å². The van der Waals surface area contributed by atoms with Crippen LogP contribution < -0.4 is 14.8 Å². The van der Waals surface area contributed by atoms with E-state index in [1.807, 2.05) is 30.3 Å². The first kappa shape index (κ1) is 19.6. The third kappa shape index (κ3) is 3.16. The van der Waals surface area contributed by atoms with E-state index in [1.54, 1.807) is 20.4 Å². The molecule has 1 aliphatic heterocycles. The Kier molecular flexibility index (Phi) is 4.50. The molecule has 5 nitrogen and oxygen atoms in total. The Hall–Kier alpha value is -3.34. The Labute approximate surface area is 182 Å². The van der Waals surface area contributed by atoms with Gasteiger partial charge in [-0.15, -0.1) is 0 Å². The second-order valence-electron chi connectivity index (χ2n) is 9.08. The van der Waals surface area contributed by atoms with E-state index in [4.69, 9.17) is 9.47 Å². The van der Waals surface area contributed by atoms with Gasteiger partial charge in [-0.2, -0.15) is 0 Å². The highest BCUT2D eigenvalue weighted by Crippen LogP contribution is 2.52. The minimum atomic E-state index is -0.277. The zero-order valence-corrected chi connectivity index (χ0v) is 18.3. The second kappa shape index (κ2) is 7.12. The van der Waals surface area contributed by atoms with Gasteiger partial charge in [-0.25, -0.2) is 0 Å². The molecule has 0 radical (unpaired) electrons. The average Bonchev–Trinajstić information content (AvgIpc) is 2.76. The van der Waals surface area contributed by atoms with Gasteiger partial charge in [0.1, 0.15) is 11.5 Å². The maximum Gasteiger partial charge on any atom is 0.162 e. The van der Waals surface area contributed by atoms with E-state index in [1.165, 1.54) is 0 Å². The van der Waals surface area contributed by atoms with Crippen molar-refractivity contribution in [3.63, 3.8) is 0 Å². The maximum absolute atomic E-state index is 13.5. The third-order valence-corrected chi connectivity index (χ3v) is 6.35. The molecule has 0 saturated heterocycles.